The van der Waals surface area contributed by atoms with Crippen LogP contribution in [0, 0.1) is 22.9 Å². The number of amides is 1. The van der Waals surface area contributed by atoms with Gasteiger partial charge in [0.1, 0.15) is 24.1 Å². The number of esters is 1. The first kappa shape index (κ1) is 38.0. The summed E-state index contributed by atoms with van der Waals surface area (Å²) >= 11 is 0. The summed E-state index contributed by atoms with van der Waals surface area (Å²) < 4.78 is 91.1. The van der Waals surface area contributed by atoms with Crippen molar-refractivity contribution in [3.63, 3.8) is 0 Å². The highest BCUT2D eigenvalue weighted by Gasteiger charge is 2.47. The Kier molecular flexibility index (Phi) is 12.2. The van der Waals surface area contributed by atoms with Gasteiger partial charge < -0.3 is 20.1 Å². The predicted molar refractivity (Wildman–Crippen MR) is 175 cm³/mol. The second-order valence-corrected chi connectivity index (χ2v) is 13.5. The van der Waals surface area contributed by atoms with Gasteiger partial charge in [-0.25, -0.2) is 13.2 Å². The van der Waals surface area contributed by atoms with Crippen LogP contribution in [0.1, 0.15) is 67.2 Å². The summed E-state index contributed by atoms with van der Waals surface area (Å²) in [5.74, 6) is -3.99. The molecule has 274 valence electrons. The van der Waals surface area contributed by atoms with Gasteiger partial charge in [0.15, 0.2) is 5.78 Å². The van der Waals surface area contributed by atoms with E-state index in [2.05, 4.69) is 10.6 Å². The lowest BCUT2D eigenvalue weighted by atomic mass is 9.81. The number of ether oxygens (including phenoxy) is 2. The van der Waals surface area contributed by atoms with Crippen LogP contribution in [0.4, 0.5) is 26.3 Å². The Morgan fingerprint density at radius 3 is 2.14 bits per heavy atom. The molecule has 0 bridgehead atoms. The van der Waals surface area contributed by atoms with E-state index in [4.69, 9.17) is 9.47 Å². The zero-order valence-corrected chi connectivity index (χ0v) is 28.0. The lowest BCUT2D eigenvalue weighted by molar-refractivity contribution is -0.158. The number of Topliss-reactive ketones (excluding diaryl/α,β-unsaturated/α-hetero) is 1. The number of rotatable bonds is 15. The molecule has 0 aromatic heterocycles. The fraction of sp³-hybridized carbons (Fsp3) is 0.447. The molecule has 0 unspecified atom stereocenters. The minimum absolute atomic E-state index is 0.119. The number of carbonyl (C=O) groups excluding carboxylic acids is 3. The minimum atomic E-state index is -4.45. The smallest absolute Gasteiger partial charge is 0.389 e. The maximum atomic E-state index is 15.3. The van der Waals surface area contributed by atoms with E-state index < -0.39 is 71.6 Å². The molecule has 51 heavy (non-hydrogen) atoms. The third-order valence-corrected chi connectivity index (χ3v) is 9.50. The highest BCUT2D eigenvalue weighted by molar-refractivity contribution is 5.94. The molecule has 3 atom stereocenters. The summed E-state index contributed by atoms with van der Waals surface area (Å²) in [7, 11) is 0. The molecule has 3 aromatic rings. The summed E-state index contributed by atoms with van der Waals surface area (Å²) in [6.45, 7) is 2.08. The van der Waals surface area contributed by atoms with Gasteiger partial charge >= 0.3 is 12.1 Å². The second kappa shape index (κ2) is 16.4. The Hall–Kier alpha value is -4.23. The fourth-order valence-electron chi connectivity index (χ4n) is 6.12. The number of nitrogens with one attached hydrogen (secondary N) is 2. The summed E-state index contributed by atoms with van der Waals surface area (Å²) in [6, 6.07) is 13.9. The van der Waals surface area contributed by atoms with Gasteiger partial charge in [0.2, 0.25) is 5.91 Å². The van der Waals surface area contributed by atoms with Gasteiger partial charge in [-0.05, 0) is 78.3 Å². The Morgan fingerprint density at radius 2 is 1.59 bits per heavy atom. The average molecular weight is 719 g/mol. The average Bonchev–Trinajstić information content (AvgIpc) is 3.85. The zero-order valence-electron chi connectivity index (χ0n) is 28.0. The number of hydrogen-bond donors (Lipinski definition) is 2. The van der Waals surface area contributed by atoms with Gasteiger partial charge in [0.25, 0.3) is 0 Å². The van der Waals surface area contributed by atoms with Gasteiger partial charge in [0.05, 0.1) is 37.6 Å². The number of morpholine rings is 1. The number of benzene rings is 3. The van der Waals surface area contributed by atoms with Crippen molar-refractivity contribution in [2.75, 3.05) is 19.8 Å². The van der Waals surface area contributed by atoms with E-state index >= 15 is 4.39 Å². The van der Waals surface area contributed by atoms with Crippen molar-refractivity contribution in [1.29, 1.82) is 0 Å². The predicted octanol–water partition coefficient (Wildman–Crippen LogP) is 6.51. The third-order valence-electron chi connectivity index (χ3n) is 9.50. The van der Waals surface area contributed by atoms with Crippen LogP contribution in [-0.2, 0) is 36.7 Å². The molecule has 1 aliphatic heterocycles. The maximum absolute atomic E-state index is 15.3. The van der Waals surface area contributed by atoms with E-state index in [1.807, 2.05) is 0 Å². The SMILES string of the molecule is CC1(C(=O)N[C@H](C(=O)Cc2cccc(F)c2CC[C@@H]2CN[C@H](COC(=O)CCC(F)(F)F)CO2)C(c2ccc(F)cc2)c2ccc(F)cc2)CC1. The second-order valence-electron chi connectivity index (χ2n) is 13.5. The van der Waals surface area contributed by atoms with Crippen LogP contribution in [0.3, 0.4) is 0 Å². The van der Waals surface area contributed by atoms with E-state index in [1.165, 1.54) is 60.7 Å². The van der Waals surface area contributed by atoms with Crippen molar-refractivity contribution in [3.8, 4) is 0 Å². The molecule has 1 aliphatic carbocycles. The first-order valence-electron chi connectivity index (χ1n) is 16.9. The topological polar surface area (TPSA) is 93.7 Å². The fourth-order valence-corrected chi connectivity index (χ4v) is 6.12. The van der Waals surface area contributed by atoms with Crippen molar-refractivity contribution >= 4 is 17.7 Å². The van der Waals surface area contributed by atoms with Crippen LogP contribution < -0.4 is 10.6 Å². The summed E-state index contributed by atoms with van der Waals surface area (Å²) in [6.07, 6.45) is -5.21. The van der Waals surface area contributed by atoms with Gasteiger partial charge in [-0.1, -0.05) is 43.3 Å². The molecule has 0 spiro atoms. The van der Waals surface area contributed by atoms with E-state index in [9.17, 15) is 36.3 Å². The highest BCUT2D eigenvalue weighted by atomic mass is 19.4. The molecular weight excluding hydrogens is 678 g/mol. The van der Waals surface area contributed by atoms with Crippen LogP contribution in [-0.4, -0.2) is 61.8 Å². The van der Waals surface area contributed by atoms with E-state index in [0.29, 0.717) is 48.1 Å². The highest BCUT2D eigenvalue weighted by Crippen LogP contribution is 2.45. The molecule has 2 N–H and O–H groups in total. The molecule has 5 rings (SSSR count). The normalized spacial score (nSPS) is 19.0. The molecule has 3 aromatic carbocycles. The van der Waals surface area contributed by atoms with E-state index in [-0.39, 0.29) is 38.1 Å². The molecule has 1 saturated carbocycles. The van der Waals surface area contributed by atoms with Crippen molar-refractivity contribution < 1.29 is 50.2 Å². The summed E-state index contributed by atoms with van der Waals surface area (Å²) in [5.41, 5.74) is 1.13. The first-order valence-corrected chi connectivity index (χ1v) is 16.9. The van der Waals surface area contributed by atoms with Crippen molar-refractivity contribution in [2.45, 2.75) is 82.2 Å². The van der Waals surface area contributed by atoms with Crippen LogP contribution in [0.2, 0.25) is 0 Å². The van der Waals surface area contributed by atoms with Crippen LogP contribution in [0.25, 0.3) is 0 Å². The van der Waals surface area contributed by atoms with Crippen molar-refractivity contribution in [1.82, 2.24) is 10.6 Å². The minimum Gasteiger partial charge on any atom is -0.464 e. The molecule has 0 radical (unpaired) electrons. The monoisotopic (exact) mass is 718 g/mol. The van der Waals surface area contributed by atoms with Crippen LogP contribution in [0.5, 0.6) is 0 Å². The van der Waals surface area contributed by atoms with E-state index in [1.54, 1.807) is 13.0 Å². The number of hydrogen-bond acceptors (Lipinski definition) is 6. The van der Waals surface area contributed by atoms with Gasteiger partial charge in [-0.2, -0.15) is 13.2 Å². The molecule has 1 amide bonds. The van der Waals surface area contributed by atoms with E-state index in [0.717, 1.165) is 0 Å². The molecule has 7 nitrogen and oxygen atoms in total. The first-order chi connectivity index (χ1) is 24.2. The van der Waals surface area contributed by atoms with Gasteiger partial charge in [0, 0.05) is 24.3 Å². The van der Waals surface area contributed by atoms with Crippen molar-refractivity contribution in [2.24, 2.45) is 5.41 Å². The summed E-state index contributed by atoms with van der Waals surface area (Å²) in [5, 5.41) is 6.08. The number of carbonyl (C=O) groups is 3. The summed E-state index contributed by atoms with van der Waals surface area (Å²) in [4.78, 5) is 39.4. The number of halogens is 6. The number of alkyl halides is 3. The molecule has 1 saturated heterocycles. The lowest BCUT2D eigenvalue weighted by Crippen LogP contribution is -2.49. The van der Waals surface area contributed by atoms with Gasteiger partial charge in [-0.15, -0.1) is 0 Å². The van der Waals surface area contributed by atoms with Crippen molar-refractivity contribution in [3.05, 3.63) is 106 Å². The zero-order chi connectivity index (χ0) is 36.8. The van der Waals surface area contributed by atoms with Gasteiger partial charge in [-0.3, -0.25) is 14.4 Å². The van der Waals surface area contributed by atoms with Crippen LogP contribution in [0.15, 0.2) is 66.7 Å². The maximum Gasteiger partial charge on any atom is 0.389 e. The molecule has 2 fully saturated rings. The Morgan fingerprint density at radius 1 is 0.961 bits per heavy atom. The lowest BCUT2D eigenvalue weighted by Gasteiger charge is -2.30. The Bertz CT molecular complexity index is 1620. The molecular formula is C38H40F6N2O5. The van der Waals surface area contributed by atoms with Crippen LogP contribution >= 0.6 is 0 Å². The quantitative estimate of drug-likeness (QED) is 0.138. The third kappa shape index (κ3) is 10.6. The molecule has 2 aliphatic rings. The Labute approximate surface area is 292 Å². The Balaban J connectivity index is 1.28. The molecule has 1 heterocycles. The largest absolute Gasteiger partial charge is 0.464 e. The molecule has 13 heteroatoms. The number of ketones is 1. The standard InChI is InChI=1S/C38H40F6N2O5/c1-37(17-18-37)36(49)46-35(34(23-5-9-26(39)10-6-23)24-7-11-27(40)12-8-24)32(47)19-25-3-2-4-31(41)30(25)14-13-29-20-45-28(21-50-29)22-51-33(48)15-16-38(42,43)44/h2-12,28-29,34-35,45H,13-22H2,1H3,(H,46,49)/t28-,29+,35+/m0/s1.